The second kappa shape index (κ2) is 2.71. The summed E-state index contributed by atoms with van der Waals surface area (Å²) in [6.45, 7) is 6.37. The van der Waals surface area contributed by atoms with Crippen molar-refractivity contribution in [2.24, 2.45) is 5.41 Å². The third kappa shape index (κ3) is 1.50. The Morgan fingerprint density at radius 2 is 1.62 bits per heavy atom. The molecular formula is C11H20O2. The van der Waals surface area contributed by atoms with Gasteiger partial charge in [0.25, 0.3) is 0 Å². The van der Waals surface area contributed by atoms with Gasteiger partial charge in [-0.25, -0.2) is 0 Å². The van der Waals surface area contributed by atoms with Crippen molar-refractivity contribution in [1.82, 2.24) is 0 Å². The van der Waals surface area contributed by atoms with Crippen molar-refractivity contribution < 1.29 is 9.84 Å². The maximum atomic E-state index is 10.5. The summed E-state index contributed by atoms with van der Waals surface area (Å²) in [6.07, 6.45) is 4.58. The van der Waals surface area contributed by atoms with Crippen LogP contribution in [-0.4, -0.2) is 22.9 Å². The molecule has 2 fully saturated rings. The van der Waals surface area contributed by atoms with E-state index in [1.54, 1.807) is 0 Å². The van der Waals surface area contributed by atoms with E-state index in [1.165, 1.54) is 0 Å². The van der Waals surface area contributed by atoms with Crippen molar-refractivity contribution in [3.05, 3.63) is 0 Å². The maximum Gasteiger partial charge on any atom is 0.0745 e. The van der Waals surface area contributed by atoms with Gasteiger partial charge in [0.05, 0.1) is 17.8 Å². The minimum Gasteiger partial charge on any atom is -0.389 e. The summed E-state index contributed by atoms with van der Waals surface area (Å²) in [5, 5.41) is 10.5. The maximum absolute atomic E-state index is 10.5. The smallest absolute Gasteiger partial charge is 0.0745 e. The molecule has 2 unspecified atom stereocenters. The lowest BCUT2D eigenvalue weighted by atomic mass is 9.70. The van der Waals surface area contributed by atoms with Gasteiger partial charge in [0.15, 0.2) is 0 Å². The van der Waals surface area contributed by atoms with Crippen LogP contribution in [0.25, 0.3) is 0 Å². The van der Waals surface area contributed by atoms with Crippen LogP contribution < -0.4 is 0 Å². The minimum absolute atomic E-state index is 0.0162. The van der Waals surface area contributed by atoms with Crippen LogP contribution in [0, 0.1) is 5.41 Å². The van der Waals surface area contributed by atoms with E-state index in [-0.39, 0.29) is 5.41 Å². The molecule has 0 aromatic rings. The molecule has 13 heavy (non-hydrogen) atoms. The van der Waals surface area contributed by atoms with Crippen LogP contribution in [0.1, 0.15) is 46.5 Å². The molecule has 76 valence electrons. The van der Waals surface area contributed by atoms with E-state index in [1.807, 2.05) is 0 Å². The molecule has 2 heterocycles. The normalized spacial score (nSPS) is 45.2. The monoisotopic (exact) mass is 184 g/mol. The average Bonchev–Trinajstić information content (AvgIpc) is 2.28. The van der Waals surface area contributed by atoms with Crippen molar-refractivity contribution in [2.75, 3.05) is 0 Å². The van der Waals surface area contributed by atoms with Crippen LogP contribution in [0.3, 0.4) is 0 Å². The SMILES string of the molecule is CC(C)(C)C1(O)CC2CCC(C1)O2. The van der Waals surface area contributed by atoms with E-state index in [0.29, 0.717) is 12.2 Å². The van der Waals surface area contributed by atoms with E-state index in [0.717, 1.165) is 25.7 Å². The largest absolute Gasteiger partial charge is 0.389 e. The molecule has 2 heteroatoms. The molecule has 2 saturated heterocycles. The standard InChI is InChI=1S/C11H20O2/c1-10(2,3)11(12)6-8-4-5-9(7-11)13-8/h8-9,12H,4-7H2,1-3H3. The van der Waals surface area contributed by atoms with E-state index in [2.05, 4.69) is 20.8 Å². The second-order valence-corrected chi connectivity index (χ2v) is 5.65. The Morgan fingerprint density at radius 1 is 1.15 bits per heavy atom. The molecule has 0 aromatic carbocycles. The van der Waals surface area contributed by atoms with Gasteiger partial charge in [-0.05, 0) is 18.3 Å². The highest BCUT2D eigenvalue weighted by Crippen LogP contribution is 2.46. The van der Waals surface area contributed by atoms with Gasteiger partial charge in [-0.1, -0.05) is 20.8 Å². The van der Waals surface area contributed by atoms with Crippen molar-refractivity contribution in [2.45, 2.75) is 64.3 Å². The van der Waals surface area contributed by atoms with E-state index < -0.39 is 5.60 Å². The summed E-state index contributed by atoms with van der Waals surface area (Å²) in [6, 6.07) is 0. The van der Waals surface area contributed by atoms with Crippen LogP contribution in [0.5, 0.6) is 0 Å². The van der Waals surface area contributed by atoms with Gasteiger partial charge in [0.1, 0.15) is 0 Å². The molecule has 0 aromatic heterocycles. The number of ether oxygens (including phenoxy) is 1. The van der Waals surface area contributed by atoms with Gasteiger partial charge < -0.3 is 9.84 Å². The van der Waals surface area contributed by atoms with Gasteiger partial charge in [0, 0.05) is 12.8 Å². The Bertz CT molecular complexity index is 193. The summed E-state index contributed by atoms with van der Waals surface area (Å²) in [7, 11) is 0. The van der Waals surface area contributed by atoms with Crippen LogP contribution in [-0.2, 0) is 4.74 Å². The molecule has 2 atom stereocenters. The Balaban J connectivity index is 2.17. The first kappa shape index (κ1) is 9.47. The first-order valence-electron chi connectivity index (χ1n) is 5.29. The molecule has 2 bridgehead atoms. The zero-order chi connectivity index (χ0) is 9.69. The summed E-state index contributed by atoms with van der Waals surface area (Å²) < 4.78 is 5.73. The number of fused-ring (bicyclic) bond motifs is 2. The van der Waals surface area contributed by atoms with Crippen LogP contribution in [0.2, 0.25) is 0 Å². The van der Waals surface area contributed by atoms with E-state index in [4.69, 9.17) is 4.74 Å². The Hall–Kier alpha value is -0.0800. The quantitative estimate of drug-likeness (QED) is 0.624. The third-order valence-corrected chi connectivity index (χ3v) is 3.72. The predicted octanol–water partition coefficient (Wildman–Crippen LogP) is 2.10. The second-order valence-electron chi connectivity index (χ2n) is 5.65. The molecule has 0 spiro atoms. The third-order valence-electron chi connectivity index (χ3n) is 3.72. The van der Waals surface area contributed by atoms with Crippen molar-refractivity contribution >= 4 is 0 Å². The Labute approximate surface area is 80.3 Å². The molecule has 2 aliphatic rings. The lowest BCUT2D eigenvalue weighted by Gasteiger charge is -2.45. The fourth-order valence-electron chi connectivity index (χ4n) is 2.53. The molecular weight excluding hydrogens is 164 g/mol. The first-order chi connectivity index (χ1) is 5.91. The number of rotatable bonds is 0. The number of aliphatic hydroxyl groups is 1. The zero-order valence-corrected chi connectivity index (χ0v) is 8.84. The van der Waals surface area contributed by atoms with Crippen LogP contribution in [0.15, 0.2) is 0 Å². The minimum atomic E-state index is -0.503. The molecule has 2 nitrogen and oxygen atoms in total. The van der Waals surface area contributed by atoms with Crippen LogP contribution in [0.4, 0.5) is 0 Å². The van der Waals surface area contributed by atoms with Gasteiger partial charge >= 0.3 is 0 Å². The summed E-state index contributed by atoms with van der Waals surface area (Å²) in [5.41, 5.74) is -0.519. The molecule has 2 aliphatic heterocycles. The summed E-state index contributed by atoms with van der Waals surface area (Å²) in [4.78, 5) is 0. The first-order valence-corrected chi connectivity index (χ1v) is 5.29. The van der Waals surface area contributed by atoms with Gasteiger partial charge in [-0.3, -0.25) is 0 Å². The van der Waals surface area contributed by atoms with Crippen molar-refractivity contribution in [3.63, 3.8) is 0 Å². The average molecular weight is 184 g/mol. The van der Waals surface area contributed by atoms with Gasteiger partial charge in [-0.15, -0.1) is 0 Å². The molecule has 0 saturated carbocycles. The van der Waals surface area contributed by atoms with Crippen molar-refractivity contribution in [1.29, 1.82) is 0 Å². The topological polar surface area (TPSA) is 29.5 Å². The molecule has 0 aliphatic carbocycles. The van der Waals surface area contributed by atoms with E-state index in [9.17, 15) is 5.11 Å². The molecule has 0 radical (unpaired) electrons. The molecule has 2 rings (SSSR count). The van der Waals surface area contributed by atoms with Gasteiger partial charge in [-0.2, -0.15) is 0 Å². The number of hydrogen-bond acceptors (Lipinski definition) is 2. The predicted molar refractivity (Wildman–Crippen MR) is 51.5 cm³/mol. The Morgan fingerprint density at radius 3 is 2.00 bits per heavy atom. The summed E-state index contributed by atoms with van der Waals surface area (Å²) >= 11 is 0. The summed E-state index contributed by atoms with van der Waals surface area (Å²) in [5.74, 6) is 0. The highest BCUT2D eigenvalue weighted by atomic mass is 16.5. The highest BCUT2D eigenvalue weighted by molar-refractivity contribution is 5.00. The molecule has 1 N–H and O–H groups in total. The lowest BCUT2D eigenvalue weighted by molar-refractivity contribution is -0.159. The number of hydrogen-bond donors (Lipinski definition) is 1. The Kier molecular flexibility index (Phi) is 1.97. The highest BCUT2D eigenvalue weighted by Gasteiger charge is 2.49. The van der Waals surface area contributed by atoms with Gasteiger partial charge in [0.2, 0.25) is 0 Å². The fraction of sp³-hybridized carbons (Fsp3) is 1.00. The van der Waals surface area contributed by atoms with E-state index >= 15 is 0 Å². The van der Waals surface area contributed by atoms with Crippen molar-refractivity contribution in [3.8, 4) is 0 Å². The van der Waals surface area contributed by atoms with Crippen LogP contribution >= 0.6 is 0 Å². The molecule has 0 amide bonds. The lowest BCUT2D eigenvalue weighted by Crippen LogP contribution is -2.50. The zero-order valence-electron chi connectivity index (χ0n) is 8.84. The fourth-order valence-corrected chi connectivity index (χ4v) is 2.53.